The van der Waals surface area contributed by atoms with Gasteiger partial charge in [0.2, 0.25) is 5.91 Å². The lowest BCUT2D eigenvalue weighted by Gasteiger charge is -2.26. The first kappa shape index (κ1) is 13.6. The molecule has 0 aliphatic carbocycles. The largest absolute Gasteiger partial charge is 0.508 e. The van der Waals surface area contributed by atoms with Crippen LogP contribution in [0.2, 0.25) is 0 Å². The molecule has 5 heteroatoms. The second kappa shape index (κ2) is 4.98. The van der Waals surface area contributed by atoms with Crippen molar-refractivity contribution in [1.82, 2.24) is 4.98 Å². The number of pyridine rings is 1. The first-order valence-corrected chi connectivity index (χ1v) is 7.36. The van der Waals surface area contributed by atoms with E-state index in [-0.39, 0.29) is 29.4 Å². The van der Waals surface area contributed by atoms with Crippen LogP contribution in [0.5, 0.6) is 5.75 Å². The number of rotatable bonds is 1. The number of carbonyl (C=O) groups is 1. The highest BCUT2D eigenvalue weighted by molar-refractivity contribution is 5.95. The third kappa shape index (κ3) is 2.26. The minimum Gasteiger partial charge on any atom is -0.508 e. The van der Waals surface area contributed by atoms with E-state index in [0.717, 1.165) is 11.1 Å². The quantitative estimate of drug-likeness (QED) is 0.646. The zero-order chi connectivity index (χ0) is 16.0. The molecule has 1 aliphatic rings. The molecule has 0 fully saturated rings. The van der Waals surface area contributed by atoms with E-state index in [9.17, 15) is 14.7 Å². The van der Waals surface area contributed by atoms with Gasteiger partial charge in [0.1, 0.15) is 5.75 Å². The number of carbonyl (C=O) groups excluding carboxylic acids is 1. The molecule has 2 heterocycles. The van der Waals surface area contributed by atoms with Gasteiger partial charge in [0.05, 0.1) is 0 Å². The molecule has 0 bridgehead atoms. The van der Waals surface area contributed by atoms with Crippen LogP contribution in [0.1, 0.15) is 23.6 Å². The van der Waals surface area contributed by atoms with Crippen molar-refractivity contribution in [2.24, 2.45) is 0 Å². The number of hydrogen-bond acceptors (Lipinski definition) is 3. The van der Waals surface area contributed by atoms with Crippen LogP contribution < -0.4 is 10.7 Å². The van der Waals surface area contributed by atoms with E-state index in [2.05, 4.69) is 10.3 Å². The summed E-state index contributed by atoms with van der Waals surface area (Å²) in [5.41, 5.74) is 2.85. The highest BCUT2D eigenvalue weighted by Crippen LogP contribution is 2.37. The summed E-state index contributed by atoms with van der Waals surface area (Å²) in [5, 5.41) is 13.0. The molecule has 4 rings (SSSR count). The second-order valence-electron chi connectivity index (χ2n) is 5.71. The fourth-order valence-electron chi connectivity index (χ4n) is 3.14. The third-order valence-corrected chi connectivity index (χ3v) is 4.21. The molecule has 1 amide bonds. The van der Waals surface area contributed by atoms with Crippen molar-refractivity contribution < 1.29 is 9.90 Å². The van der Waals surface area contributed by atoms with Crippen LogP contribution >= 0.6 is 0 Å². The van der Waals surface area contributed by atoms with Gasteiger partial charge in [0, 0.05) is 46.8 Å². The lowest BCUT2D eigenvalue weighted by atomic mass is 9.87. The minimum absolute atomic E-state index is 0.0688. The molecule has 0 radical (unpaired) electrons. The third-order valence-electron chi connectivity index (χ3n) is 4.21. The van der Waals surface area contributed by atoms with Crippen molar-refractivity contribution in [2.75, 3.05) is 5.32 Å². The smallest absolute Gasteiger partial charge is 0.225 e. The zero-order valence-corrected chi connectivity index (χ0v) is 12.2. The van der Waals surface area contributed by atoms with E-state index in [4.69, 9.17) is 0 Å². The molecule has 0 saturated carbocycles. The fraction of sp³-hybridized carbons (Fsp3) is 0.111. The first-order valence-electron chi connectivity index (χ1n) is 7.36. The summed E-state index contributed by atoms with van der Waals surface area (Å²) < 4.78 is 0. The van der Waals surface area contributed by atoms with Crippen LogP contribution in [0.15, 0.2) is 53.3 Å². The summed E-state index contributed by atoms with van der Waals surface area (Å²) in [7, 11) is 0. The Hall–Kier alpha value is -3.08. The molecule has 3 N–H and O–H groups in total. The molecule has 1 unspecified atom stereocenters. The maximum atomic E-state index is 12.3. The summed E-state index contributed by atoms with van der Waals surface area (Å²) in [6.07, 6.45) is 0.256. The molecule has 5 nitrogen and oxygen atoms in total. The lowest BCUT2D eigenvalue weighted by Crippen LogP contribution is -2.24. The van der Waals surface area contributed by atoms with Crippen molar-refractivity contribution in [3.05, 3.63) is 70.0 Å². The Morgan fingerprint density at radius 3 is 2.74 bits per heavy atom. The van der Waals surface area contributed by atoms with Crippen LogP contribution in [-0.2, 0) is 4.79 Å². The number of benzene rings is 2. The maximum absolute atomic E-state index is 12.3. The number of anilines is 1. The average Bonchev–Trinajstić information content (AvgIpc) is 2.53. The van der Waals surface area contributed by atoms with E-state index in [1.165, 1.54) is 6.07 Å². The zero-order valence-electron chi connectivity index (χ0n) is 12.2. The second-order valence-corrected chi connectivity index (χ2v) is 5.71. The fourth-order valence-corrected chi connectivity index (χ4v) is 3.14. The number of aromatic nitrogens is 1. The molecular weight excluding hydrogens is 292 g/mol. The molecule has 1 aliphatic heterocycles. The minimum atomic E-state index is -0.239. The summed E-state index contributed by atoms with van der Waals surface area (Å²) in [6, 6.07) is 13.8. The Morgan fingerprint density at radius 1 is 1.04 bits per heavy atom. The number of nitrogens with one attached hydrogen (secondary N) is 2. The van der Waals surface area contributed by atoms with E-state index in [0.29, 0.717) is 16.8 Å². The molecule has 3 aromatic rings. The predicted octanol–water partition coefficient (Wildman–Crippen LogP) is 2.71. The Kier molecular flexibility index (Phi) is 2.94. The number of aromatic hydroxyl groups is 1. The van der Waals surface area contributed by atoms with Crippen LogP contribution in [0, 0.1) is 0 Å². The average molecular weight is 306 g/mol. The summed E-state index contributed by atoms with van der Waals surface area (Å²) in [6.45, 7) is 0. The van der Waals surface area contributed by atoms with Crippen molar-refractivity contribution in [2.45, 2.75) is 12.3 Å². The van der Waals surface area contributed by atoms with Gasteiger partial charge in [-0.2, -0.15) is 0 Å². The van der Waals surface area contributed by atoms with Gasteiger partial charge in [0.15, 0.2) is 5.43 Å². The number of H-pyrrole nitrogens is 1. The molecular formula is C18H14N2O3. The highest BCUT2D eigenvalue weighted by Gasteiger charge is 2.27. The predicted molar refractivity (Wildman–Crippen MR) is 87.8 cm³/mol. The standard InChI is InChI=1S/C18H14N2O3/c21-10-5-6-11-13(8-18(23)20-15(11)7-10)16-9-17(22)12-3-1-2-4-14(12)19-16/h1-7,9,13,21H,8H2,(H,19,22)(H,20,23). The van der Waals surface area contributed by atoms with Crippen molar-refractivity contribution >= 4 is 22.5 Å². The number of fused-ring (bicyclic) bond motifs is 2. The maximum Gasteiger partial charge on any atom is 0.225 e. The SMILES string of the molecule is O=C1CC(c2cc(=O)c3ccccc3[nH]2)c2ccc(O)cc2N1. The van der Waals surface area contributed by atoms with E-state index >= 15 is 0 Å². The highest BCUT2D eigenvalue weighted by atomic mass is 16.3. The van der Waals surface area contributed by atoms with Gasteiger partial charge in [-0.25, -0.2) is 0 Å². The molecule has 2 aromatic carbocycles. The number of amides is 1. The van der Waals surface area contributed by atoms with Crippen LogP contribution in [-0.4, -0.2) is 16.0 Å². The van der Waals surface area contributed by atoms with E-state index in [1.807, 2.05) is 18.2 Å². The number of phenolic OH excluding ortho intramolecular Hbond substituents is 1. The number of phenols is 1. The number of hydrogen-bond donors (Lipinski definition) is 3. The molecule has 1 aromatic heterocycles. The monoisotopic (exact) mass is 306 g/mol. The van der Waals surface area contributed by atoms with Gasteiger partial charge in [-0.05, 0) is 23.8 Å². The van der Waals surface area contributed by atoms with E-state index < -0.39 is 0 Å². The normalized spacial score (nSPS) is 16.9. The van der Waals surface area contributed by atoms with Crippen molar-refractivity contribution in [3.8, 4) is 5.75 Å². The van der Waals surface area contributed by atoms with Gasteiger partial charge < -0.3 is 15.4 Å². The van der Waals surface area contributed by atoms with Crippen molar-refractivity contribution in [3.63, 3.8) is 0 Å². The molecule has 114 valence electrons. The molecule has 0 spiro atoms. The van der Waals surface area contributed by atoms with Gasteiger partial charge in [-0.3, -0.25) is 9.59 Å². The summed E-state index contributed by atoms with van der Waals surface area (Å²) in [4.78, 5) is 27.6. The van der Waals surface area contributed by atoms with Crippen LogP contribution in [0.4, 0.5) is 5.69 Å². The van der Waals surface area contributed by atoms with Gasteiger partial charge in [0.25, 0.3) is 0 Å². The van der Waals surface area contributed by atoms with Crippen molar-refractivity contribution in [1.29, 1.82) is 0 Å². The molecule has 23 heavy (non-hydrogen) atoms. The Bertz CT molecular complexity index is 991. The number of aromatic amines is 1. The van der Waals surface area contributed by atoms with Gasteiger partial charge in [-0.15, -0.1) is 0 Å². The molecule has 0 saturated heterocycles. The Balaban J connectivity index is 1.91. The topological polar surface area (TPSA) is 82.2 Å². The summed E-state index contributed by atoms with van der Waals surface area (Å²) >= 11 is 0. The van der Waals surface area contributed by atoms with Crippen LogP contribution in [0.3, 0.4) is 0 Å². The number of para-hydroxylation sites is 1. The Labute approximate surface area is 131 Å². The van der Waals surface area contributed by atoms with Gasteiger partial charge in [-0.1, -0.05) is 18.2 Å². The summed E-state index contributed by atoms with van der Waals surface area (Å²) in [5.74, 6) is -0.282. The van der Waals surface area contributed by atoms with Crippen LogP contribution in [0.25, 0.3) is 10.9 Å². The molecule has 1 atom stereocenters. The van der Waals surface area contributed by atoms with Gasteiger partial charge >= 0.3 is 0 Å². The first-order chi connectivity index (χ1) is 11.1. The van der Waals surface area contributed by atoms with E-state index in [1.54, 1.807) is 24.3 Å². The Morgan fingerprint density at radius 2 is 1.87 bits per heavy atom. The lowest BCUT2D eigenvalue weighted by molar-refractivity contribution is -0.116.